The zero-order valence-corrected chi connectivity index (χ0v) is 6.76. The quantitative estimate of drug-likeness (QED) is 0.428. The molecule has 60 valence electrons. The lowest BCUT2D eigenvalue weighted by Gasteiger charge is -2.09. The van der Waals surface area contributed by atoms with Crippen LogP contribution in [0.2, 0.25) is 0 Å². The molecule has 0 fully saturated rings. The van der Waals surface area contributed by atoms with Crippen LogP contribution in [0.1, 0.15) is 26.7 Å². The van der Waals surface area contributed by atoms with E-state index in [0.717, 1.165) is 17.6 Å². The number of nitrogens with zero attached hydrogens (tertiary/aromatic N) is 1. The normalized spacial score (nSPS) is 18.2. The van der Waals surface area contributed by atoms with Crippen molar-refractivity contribution in [3.8, 4) is 0 Å². The van der Waals surface area contributed by atoms with Crippen molar-refractivity contribution < 1.29 is 4.92 Å². The van der Waals surface area contributed by atoms with E-state index in [1.807, 2.05) is 19.9 Å². The lowest BCUT2D eigenvalue weighted by molar-refractivity contribution is -0.429. The minimum atomic E-state index is -0.272. The molecule has 0 saturated carbocycles. The van der Waals surface area contributed by atoms with Gasteiger partial charge in [-0.1, -0.05) is 6.08 Å². The maximum Gasteiger partial charge on any atom is 0.249 e. The highest BCUT2D eigenvalue weighted by Crippen LogP contribution is 2.24. The van der Waals surface area contributed by atoms with Crippen LogP contribution in [0.15, 0.2) is 22.9 Å². The highest BCUT2D eigenvalue weighted by Gasteiger charge is 2.18. The third kappa shape index (κ3) is 1.48. The number of nitro groups is 1. The van der Waals surface area contributed by atoms with E-state index in [-0.39, 0.29) is 4.92 Å². The van der Waals surface area contributed by atoms with Gasteiger partial charge in [0.2, 0.25) is 5.70 Å². The molecule has 0 atom stereocenters. The van der Waals surface area contributed by atoms with Crippen LogP contribution in [0, 0.1) is 10.1 Å². The first kappa shape index (κ1) is 7.98. The Morgan fingerprint density at radius 2 is 2.18 bits per heavy atom. The summed E-state index contributed by atoms with van der Waals surface area (Å²) < 4.78 is 0. The van der Waals surface area contributed by atoms with Crippen molar-refractivity contribution in [2.45, 2.75) is 26.7 Å². The van der Waals surface area contributed by atoms with Gasteiger partial charge < -0.3 is 0 Å². The summed E-state index contributed by atoms with van der Waals surface area (Å²) in [6.45, 7) is 3.72. The van der Waals surface area contributed by atoms with Crippen molar-refractivity contribution in [2.75, 3.05) is 0 Å². The van der Waals surface area contributed by atoms with Gasteiger partial charge in [-0.25, -0.2) is 0 Å². The maximum atomic E-state index is 10.4. The molecule has 3 nitrogen and oxygen atoms in total. The molecule has 0 spiro atoms. The molecular formula is C8H11NO2. The second kappa shape index (κ2) is 2.86. The molecule has 0 aromatic heterocycles. The fourth-order valence-corrected chi connectivity index (χ4v) is 1.22. The van der Waals surface area contributed by atoms with Gasteiger partial charge in [0.1, 0.15) is 0 Å². The topological polar surface area (TPSA) is 43.1 Å². The van der Waals surface area contributed by atoms with Crippen LogP contribution in [0.25, 0.3) is 0 Å². The van der Waals surface area contributed by atoms with Crippen molar-refractivity contribution in [3.05, 3.63) is 33.0 Å². The first-order valence-electron chi connectivity index (χ1n) is 3.64. The van der Waals surface area contributed by atoms with Gasteiger partial charge >= 0.3 is 0 Å². The largest absolute Gasteiger partial charge is 0.259 e. The van der Waals surface area contributed by atoms with Crippen LogP contribution in [0.3, 0.4) is 0 Å². The highest BCUT2D eigenvalue weighted by atomic mass is 16.6. The van der Waals surface area contributed by atoms with E-state index in [1.54, 1.807) is 0 Å². The first-order valence-corrected chi connectivity index (χ1v) is 3.64. The van der Waals surface area contributed by atoms with Crippen molar-refractivity contribution in [1.29, 1.82) is 0 Å². The maximum absolute atomic E-state index is 10.4. The Labute approximate surface area is 65.6 Å². The third-order valence-electron chi connectivity index (χ3n) is 2.08. The van der Waals surface area contributed by atoms with E-state index in [9.17, 15) is 10.1 Å². The molecule has 3 heteroatoms. The highest BCUT2D eigenvalue weighted by molar-refractivity contribution is 5.32. The monoisotopic (exact) mass is 153 g/mol. The van der Waals surface area contributed by atoms with E-state index >= 15 is 0 Å². The van der Waals surface area contributed by atoms with Crippen LogP contribution >= 0.6 is 0 Å². The van der Waals surface area contributed by atoms with Gasteiger partial charge in [0, 0.05) is 12.0 Å². The summed E-state index contributed by atoms with van der Waals surface area (Å²) in [5.41, 5.74) is 2.26. The van der Waals surface area contributed by atoms with E-state index in [4.69, 9.17) is 0 Å². The lowest BCUT2D eigenvalue weighted by Crippen LogP contribution is -2.05. The van der Waals surface area contributed by atoms with Crippen LogP contribution in [-0.2, 0) is 0 Å². The van der Waals surface area contributed by atoms with Gasteiger partial charge in [0.15, 0.2) is 0 Å². The van der Waals surface area contributed by atoms with Gasteiger partial charge in [-0.2, -0.15) is 0 Å². The SMILES string of the molecule is CC1=CCCC([N+](=O)[O-])=C1C. The number of hydrogen-bond acceptors (Lipinski definition) is 2. The smallest absolute Gasteiger partial charge is 0.249 e. The molecule has 11 heavy (non-hydrogen) atoms. The zero-order chi connectivity index (χ0) is 8.43. The van der Waals surface area contributed by atoms with Crippen molar-refractivity contribution in [1.82, 2.24) is 0 Å². The fraction of sp³-hybridized carbons (Fsp3) is 0.500. The minimum Gasteiger partial charge on any atom is -0.259 e. The second-order valence-corrected chi connectivity index (χ2v) is 2.75. The van der Waals surface area contributed by atoms with E-state index in [0.29, 0.717) is 12.1 Å². The van der Waals surface area contributed by atoms with Gasteiger partial charge in [-0.3, -0.25) is 10.1 Å². The molecule has 0 saturated heterocycles. The molecular weight excluding hydrogens is 142 g/mol. The molecule has 0 radical (unpaired) electrons. The van der Waals surface area contributed by atoms with Crippen LogP contribution in [0.5, 0.6) is 0 Å². The average Bonchev–Trinajstić information content (AvgIpc) is 1.94. The predicted molar refractivity (Wildman–Crippen MR) is 42.7 cm³/mol. The number of rotatable bonds is 1. The van der Waals surface area contributed by atoms with Gasteiger partial charge in [0.25, 0.3) is 0 Å². The lowest BCUT2D eigenvalue weighted by atomic mass is 9.98. The van der Waals surface area contributed by atoms with Crippen LogP contribution in [-0.4, -0.2) is 4.92 Å². The molecule has 0 aliphatic heterocycles. The Bertz CT molecular complexity index is 251. The molecule has 0 unspecified atom stereocenters. The van der Waals surface area contributed by atoms with E-state index in [1.165, 1.54) is 0 Å². The Hall–Kier alpha value is -1.12. The van der Waals surface area contributed by atoms with E-state index < -0.39 is 0 Å². The molecule has 0 heterocycles. The summed E-state index contributed by atoms with van der Waals surface area (Å²) >= 11 is 0. The van der Waals surface area contributed by atoms with Crippen molar-refractivity contribution in [3.63, 3.8) is 0 Å². The zero-order valence-electron chi connectivity index (χ0n) is 6.76. The second-order valence-electron chi connectivity index (χ2n) is 2.75. The molecule has 0 N–H and O–H groups in total. The Morgan fingerprint density at radius 3 is 2.64 bits per heavy atom. The Morgan fingerprint density at radius 1 is 1.55 bits per heavy atom. The summed E-state index contributed by atoms with van der Waals surface area (Å²) in [4.78, 5) is 10.2. The van der Waals surface area contributed by atoms with Crippen molar-refractivity contribution >= 4 is 0 Å². The molecule has 1 aliphatic rings. The van der Waals surface area contributed by atoms with Crippen LogP contribution in [0.4, 0.5) is 0 Å². The molecule has 0 aromatic carbocycles. The van der Waals surface area contributed by atoms with E-state index in [2.05, 4.69) is 0 Å². The fourth-order valence-electron chi connectivity index (χ4n) is 1.22. The van der Waals surface area contributed by atoms with Gasteiger partial charge in [-0.15, -0.1) is 0 Å². The van der Waals surface area contributed by atoms with Gasteiger partial charge in [-0.05, 0) is 25.8 Å². The Balaban J connectivity index is 3.01. The summed E-state index contributed by atoms with van der Waals surface area (Å²) in [6, 6.07) is 0. The summed E-state index contributed by atoms with van der Waals surface area (Å²) in [7, 11) is 0. The average molecular weight is 153 g/mol. The standard InChI is InChI=1S/C8H11NO2/c1-6-4-3-5-8(7(6)2)9(10)11/h4H,3,5H2,1-2H3. The molecule has 0 bridgehead atoms. The molecule has 0 amide bonds. The Kier molecular flexibility index (Phi) is 2.08. The summed E-state index contributed by atoms with van der Waals surface area (Å²) in [5, 5.41) is 10.4. The minimum absolute atomic E-state index is 0.272. The first-order chi connectivity index (χ1) is 5.13. The summed E-state index contributed by atoms with van der Waals surface area (Å²) in [6.07, 6.45) is 3.43. The predicted octanol–water partition coefficient (Wildman–Crippen LogP) is 2.28. The molecule has 1 aliphatic carbocycles. The molecule has 0 aromatic rings. The number of hydrogen-bond donors (Lipinski definition) is 0. The van der Waals surface area contributed by atoms with Gasteiger partial charge in [0.05, 0.1) is 4.92 Å². The molecule has 1 rings (SSSR count). The number of allylic oxidation sites excluding steroid dienone is 4. The summed E-state index contributed by atoms with van der Waals surface area (Å²) in [5.74, 6) is 0. The van der Waals surface area contributed by atoms with Crippen molar-refractivity contribution in [2.24, 2.45) is 0 Å². The van der Waals surface area contributed by atoms with Crippen LogP contribution < -0.4 is 0 Å². The third-order valence-corrected chi connectivity index (χ3v) is 2.08.